The lowest BCUT2D eigenvalue weighted by molar-refractivity contribution is 0.00757. The summed E-state index contributed by atoms with van der Waals surface area (Å²) in [4.78, 5) is 0. The first-order valence-electron chi connectivity index (χ1n) is 5.65. The third kappa shape index (κ3) is 2.05. The van der Waals surface area contributed by atoms with Gasteiger partial charge in [0.2, 0.25) is 0 Å². The Morgan fingerprint density at radius 1 is 1.15 bits per heavy atom. The van der Waals surface area contributed by atoms with Gasteiger partial charge in [0.05, 0.1) is 6.10 Å². The first-order chi connectivity index (χ1) is 6.42. The molecule has 2 fully saturated rings. The fraction of sp³-hybridized carbons (Fsp3) is 1.00. The van der Waals surface area contributed by atoms with Gasteiger partial charge in [-0.2, -0.15) is 0 Å². The molecule has 0 spiro atoms. The molecular weight excluding hydrogens is 162 g/mol. The first-order valence-corrected chi connectivity index (χ1v) is 5.65. The van der Waals surface area contributed by atoms with Crippen LogP contribution in [0.1, 0.15) is 32.1 Å². The second kappa shape index (κ2) is 4.43. The molecule has 1 saturated heterocycles. The second-order valence-corrected chi connectivity index (χ2v) is 4.48. The zero-order chi connectivity index (χ0) is 9.10. The van der Waals surface area contributed by atoms with E-state index < -0.39 is 0 Å². The van der Waals surface area contributed by atoms with Crippen LogP contribution < -0.4 is 5.32 Å². The van der Waals surface area contributed by atoms with Gasteiger partial charge in [0.15, 0.2) is 0 Å². The summed E-state index contributed by atoms with van der Waals surface area (Å²) in [5.74, 6) is 1.74. The van der Waals surface area contributed by atoms with E-state index in [0.29, 0.717) is 6.10 Å². The van der Waals surface area contributed by atoms with E-state index in [1.165, 1.54) is 38.6 Å². The van der Waals surface area contributed by atoms with Crippen LogP contribution >= 0.6 is 0 Å². The molecule has 1 N–H and O–H groups in total. The summed E-state index contributed by atoms with van der Waals surface area (Å²) in [5.41, 5.74) is 0. The Morgan fingerprint density at radius 3 is 2.62 bits per heavy atom. The lowest BCUT2D eigenvalue weighted by atomic mass is 9.83. The maximum atomic E-state index is 5.58. The zero-order valence-corrected chi connectivity index (χ0v) is 8.59. The highest BCUT2D eigenvalue weighted by molar-refractivity contribution is 4.86. The first kappa shape index (κ1) is 9.47. The van der Waals surface area contributed by atoms with Crippen molar-refractivity contribution in [3.63, 3.8) is 0 Å². The van der Waals surface area contributed by atoms with Crippen molar-refractivity contribution in [1.82, 2.24) is 5.32 Å². The molecule has 2 rings (SSSR count). The Labute approximate surface area is 81.0 Å². The van der Waals surface area contributed by atoms with Gasteiger partial charge in [-0.3, -0.25) is 0 Å². The molecule has 1 aliphatic carbocycles. The minimum absolute atomic E-state index is 0.532. The number of methoxy groups -OCH3 is 1. The third-order valence-electron chi connectivity index (χ3n) is 3.77. The molecule has 2 atom stereocenters. The van der Waals surface area contributed by atoms with Crippen LogP contribution in [-0.2, 0) is 4.74 Å². The average Bonchev–Trinajstić information content (AvgIpc) is 2.70. The van der Waals surface area contributed by atoms with Gasteiger partial charge in [-0.05, 0) is 18.9 Å². The molecule has 13 heavy (non-hydrogen) atoms. The fourth-order valence-corrected chi connectivity index (χ4v) is 3.01. The lowest BCUT2D eigenvalue weighted by Crippen LogP contribution is -2.43. The zero-order valence-electron chi connectivity index (χ0n) is 8.59. The molecule has 1 heterocycles. The van der Waals surface area contributed by atoms with Crippen molar-refractivity contribution >= 4 is 0 Å². The topological polar surface area (TPSA) is 21.3 Å². The molecule has 1 saturated carbocycles. The fourth-order valence-electron chi connectivity index (χ4n) is 3.01. The number of hydrogen-bond acceptors (Lipinski definition) is 2. The van der Waals surface area contributed by atoms with Crippen molar-refractivity contribution in [3.8, 4) is 0 Å². The van der Waals surface area contributed by atoms with Crippen molar-refractivity contribution in [2.24, 2.45) is 11.8 Å². The van der Waals surface area contributed by atoms with Crippen LogP contribution in [0.5, 0.6) is 0 Å². The Kier molecular flexibility index (Phi) is 3.23. The van der Waals surface area contributed by atoms with Crippen LogP contribution in [0.15, 0.2) is 0 Å². The van der Waals surface area contributed by atoms with Gasteiger partial charge < -0.3 is 10.1 Å². The van der Waals surface area contributed by atoms with E-state index in [0.717, 1.165) is 18.4 Å². The van der Waals surface area contributed by atoms with E-state index in [-0.39, 0.29) is 0 Å². The molecule has 0 aromatic heterocycles. The Balaban J connectivity index is 1.93. The van der Waals surface area contributed by atoms with Gasteiger partial charge in [-0.15, -0.1) is 0 Å². The van der Waals surface area contributed by atoms with Gasteiger partial charge in [-0.1, -0.05) is 25.7 Å². The van der Waals surface area contributed by atoms with Crippen molar-refractivity contribution in [2.75, 3.05) is 20.2 Å². The van der Waals surface area contributed by atoms with Crippen LogP contribution in [0, 0.1) is 11.8 Å². The maximum absolute atomic E-state index is 5.58. The summed E-state index contributed by atoms with van der Waals surface area (Å²) in [5, 5.41) is 3.50. The summed E-state index contributed by atoms with van der Waals surface area (Å²) in [6.07, 6.45) is 7.50. The molecule has 2 unspecified atom stereocenters. The molecular formula is C11H21NO. The lowest BCUT2D eigenvalue weighted by Gasteiger charge is -2.35. The number of ether oxygens (including phenoxy) is 1. The van der Waals surface area contributed by atoms with Gasteiger partial charge in [0.1, 0.15) is 0 Å². The van der Waals surface area contributed by atoms with Crippen LogP contribution in [0.4, 0.5) is 0 Å². The number of hydrogen-bond donors (Lipinski definition) is 1. The third-order valence-corrected chi connectivity index (χ3v) is 3.77. The number of rotatable bonds is 2. The summed E-state index contributed by atoms with van der Waals surface area (Å²) < 4.78 is 5.58. The normalized spacial score (nSPS) is 36.7. The van der Waals surface area contributed by atoms with E-state index in [2.05, 4.69) is 5.32 Å². The molecule has 0 aromatic rings. The Hall–Kier alpha value is -0.0800. The van der Waals surface area contributed by atoms with E-state index >= 15 is 0 Å². The predicted molar refractivity (Wildman–Crippen MR) is 53.7 cm³/mol. The molecule has 2 heteroatoms. The van der Waals surface area contributed by atoms with Crippen molar-refractivity contribution in [3.05, 3.63) is 0 Å². The van der Waals surface area contributed by atoms with E-state index in [1.54, 1.807) is 0 Å². The molecule has 0 amide bonds. The standard InChI is InChI=1S/C11H21NO/c1-13-11-6-7-12-8-10(11)9-4-2-3-5-9/h9-12H,2-8H2,1H3. The van der Waals surface area contributed by atoms with Gasteiger partial charge in [-0.25, -0.2) is 0 Å². The molecule has 2 aliphatic rings. The molecule has 0 bridgehead atoms. The smallest absolute Gasteiger partial charge is 0.0626 e. The molecule has 1 aliphatic heterocycles. The second-order valence-electron chi connectivity index (χ2n) is 4.48. The van der Waals surface area contributed by atoms with Crippen LogP contribution in [0.25, 0.3) is 0 Å². The summed E-state index contributed by atoms with van der Waals surface area (Å²) >= 11 is 0. The van der Waals surface area contributed by atoms with Crippen LogP contribution in [0.2, 0.25) is 0 Å². The van der Waals surface area contributed by atoms with E-state index in [1.807, 2.05) is 7.11 Å². The summed E-state index contributed by atoms with van der Waals surface area (Å²) in [6, 6.07) is 0. The Bertz CT molecular complexity index is 152. The average molecular weight is 183 g/mol. The summed E-state index contributed by atoms with van der Waals surface area (Å²) in [7, 11) is 1.87. The van der Waals surface area contributed by atoms with Gasteiger partial charge in [0, 0.05) is 19.6 Å². The van der Waals surface area contributed by atoms with Crippen molar-refractivity contribution in [1.29, 1.82) is 0 Å². The van der Waals surface area contributed by atoms with Gasteiger partial charge >= 0.3 is 0 Å². The van der Waals surface area contributed by atoms with Crippen molar-refractivity contribution < 1.29 is 4.74 Å². The molecule has 0 radical (unpaired) electrons. The number of piperidine rings is 1. The highest BCUT2D eigenvalue weighted by atomic mass is 16.5. The molecule has 0 aromatic carbocycles. The molecule has 76 valence electrons. The summed E-state index contributed by atoms with van der Waals surface area (Å²) in [6.45, 7) is 2.32. The van der Waals surface area contributed by atoms with E-state index in [9.17, 15) is 0 Å². The van der Waals surface area contributed by atoms with Crippen LogP contribution in [-0.4, -0.2) is 26.3 Å². The minimum Gasteiger partial charge on any atom is -0.381 e. The van der Waals surface area contributed by atoms with Crippen molar-refractivity contribution in [2.45, 2.75) is 38.2 Å². The highest BCUT2D eigenvalue weighted by Gasteiger charge is 2.33. The predicted octanol–water partition coefficient (Wildman–Crippen LogP) is 1.80. The Morgan fingerprint density at radius 2 is 1.92 bits per heavy atom. The van der Waals surface area contributed by atoms with E-state index in [4.69, 9.17) is 4.74 Å². The van der Waals surface area contributed by atoms with Gasteiger partial charge in [0.25, 0.3) is 0 Å². The monoisotopic (exact) mass is 183 g/mol. The highest BCUT2D eigenvalue weighted by Crippen LogP contribution is 2.35. The SMILES string of the molecule is COC1CCNCC1C1CCCC1. The van der Waals surface area contributed by atoms with Crippen LogP contribution in [0.3, 0.4) is 0 Å². The number of nitrogens with one attached hydrogen (secondary N) is 1. The largest absolute Gasteiger partial charge is 0.381 e. The maximum Gasteiger partial charge on any atom is 0.0626 e. The quantitative estimate of drug-likeness (QED) is 0.705. The minimum atomic E-state index is 0.532. The molecule has 2 nitrogen and oxygen atoms in total.